The first kappa shape index (κ1) is 16.3. The summed E-state index contributed by atoms with van der Waals surface area (Å²) >= 11 is 0. The van der Waals surface area contributed by atoms with Gasteiger partial charge in [0.1, 0.15) is 0 Å². The lowest BCUT2D eigenvalue weighted by Crippen LogP contribution is -2.57. The van der Waals surface area contributed by atoms with Crippen LogP contribution in [0.1, 0.15) is 52.4 Å². The third-order valence-electron chi connectivity index (χ3n) is 6.32. The molecule has 2 aliphatic carbocycles. The number of hydrogen-bond acceptors (Lipinski definition) is 6. The molecule has 6 nitrogen and oxygen atoms in total. The van der Waals surface area contributed by atoms with Crippen LogP contribution in [0.2, 0.25) is 0 Å². The number of hydrogen-bond donors (Lipinski definition) is 0. The fourth-order valence-electron chi connectivity index (χ4n) is 4.44. The molecule has 2 saturated carbocycles. The maximum atomic E-state index is 11.8. The molecular formula is C18H26O6. The molecular weight excluding hydrogens is 312 g/mol. The van der Waals surface area contributed by atoms with E-state index < -0.39 is 11.9 Å². The second-order valence-electron chi connectivity index (χ2n) is 8.37. The van der Waals surface area contributed by atoms with E-state index in [9.17, 15) is 9.59 Å². The third kappa shape index (κ3) is 3.06. The van der Waals surface area contributed by atoms with Gasteiger partial charge < -0.3 is 18.9 Å². The molecule has 5 rings (SSSR count). The fourth-order valence-corrected chi connectivity index (χ4v) is 4.44. The van der Waals surface area contributed by atoms with Crippen molar-refractivity contribution in [2.45, 2.75) is 75.8 Å². The maximum Gasteiger partial charge on any atom is 0.417 e. The van der Waals surface area contributed by atoms with Gasteiger partial charge in [0.15, 0.2) is 0 Å². The summed E-state index contributed by atoms with van der Waals surface area (Å²) in [5.41, 5.74) is 0.0879. The molecule has 0 amide bonds. The summed E-state index contributed by atoms with van der Waals surface area (Å²) in [7, 11) is 0. The van der Waals surface area contributed by atoms with Crippen molar-refractivity contribution in [1.82, 2.24) is 0 Å². The van der Waals surface area contributed by atoms with E-state index in [1.807, 2.05) is 0 Å². The number of carbonyl (C=O) groups is 2. The van der Waals surface area contributed by atoms with Gasteiger partial charge in [0, 0.05) is 12.3 Å². The van der Waals surface area contributed by atoms with Gasteiger partial charge in [-0.05, 0) is 51.9 Å². The highest BCUT2D eigenvalue weighted by Crippen LogP contribution is 2.49. The van der Waals surface area contributed by atoms with E-state index >= 15 is 0 Å². The average Bonchev–Trinajstić information content (AvgIpc) is 3.21. The van der Waals surface area contributed by atoms with Crippen LogP contribution in [0.4, 0.5) is 0 Å². The highest BCUT2D eigenvalue weighted by Gasteiger charge is 2.55. The van der Waals surface area contributed by atoms with Crippen molar-refractivity contribution in [3.05, 3.63) is 0 Å². The lowest BCUT2D eigenvalue weighted by atomic mass is 9.72. The Bertz CT molecular complexity index is 534. The SMILES string of the molecule is CC12CCC(COC(=O)C(=O)OCC3CCC4(C)OC4C3)C(C1)O2. The molecule has 6 unspecified atom stereocenters. The van der Waals surface area contributed by atoms with Gasteiger partial charge >= 0.3 is 11.9 Å². The Morgan fingerprint density at radius 3 is 2.38 bits per heavy atom. The second-order valence-corrected chi connectivity index (χ2v) is 8.37. The van der Waals surface area contributed by atoms with Crippen molar-refractivity contribution in [3.63, 3.8) is 0 Å². The van der Waals surface area contributed by atoms with Crippen molar-refractivity contribution in [3.8, 4) is 0 Å². The van der Waals surface area contributed by atoms with Crippen LogP contribution in [0, 0.1) is 11.8 Å². The Labute approximate surface area is 142 Å². The van der Waals surface area contributed by atoms with E-state index in [-0.39, 0.29) is 42.4 Å². The van der Waals surface area contributed by atoms with Crippen LogP contribution in [-0.2, 0) is 28.5 Å². The number of fused-ring (bicyclic) bond motifs is 3. The molecule has 6 atom stereocenters. The molecule has 0 N–H and O–H groups in total. The number of esters is 2. The van der Waals surface area contributed by atoms with Crippen molar-refractivity contribution in [2.24, 2.45) is 11.8 Å². The molecule has 2 bridgehead atoms. The minimum Gasteiger partial charge on any atom is -0.457 e. The Morgan fingerprint density at radius 1 is 1.04 bits per heavy atom. The van der Waals surface area contributed by atoms with Gasteiger partial charge in [-0.15, -0.1) is 0 Å². The largest absolute Gasteiger partial charge is 0.457 e. The molecule has 5 fully saturated rings. The van der Waals surface area contributed by atoms with E-state index in [1.165, 1.54) is 0 Å². The smallest absolute Gasteiger partial charge is 0.417 e. The third-order valence-corrected chi connectivity index (χ3v) is 6.32. The van der Waals surface area contributed by atoms with E-state index in [2.05, 4.69) is 13.8 Å². The first-order valence-corrected chi connectivity index (χ1v) is 9.06. The zero-order valence-corrected chi connectivity index (χ0v) is 14.4. The summed E-state index contributed by atoms with van der Waals surface area (Å²) in [5.74, 6) is -1.28. The summed E-state index contributed by atoms with van der Waals surface area (Å²) < 4.78 is 21.7. The normalized spacial score (nSPS) is 45.6. The molecule has 0 aromatic rings. The van der Waals surface area contributed by atoms with Crippen molar-refractivity contribution < 1.29 is 28.5 Å². The zero-order valence-electron chi connectivity index (χ0n) is 14.4. The average molecular weight is 338 g/mol. The Balaban J connectivity index is 1.15. The van der Waals surface area contributed by atoms with Gasteiger partial charge in [-0.2, -0.15) is 0 Å². The topological polar surface area (TPSA) is 74.4 Å². The summed E-state index contributed by atoms with van der Waals surface area (Å²) in [4.78, 5) is 23.6. The van der Waals surface area contributed by atoms with Gasteiger partial charge in [0.05, 0.1) is 36.6 Å². The van der Waals surface area contributed by atoms with E-state index in [0.717, 1.165) is 38.5 Å². The standard InChI is InChI=1S/C18H26O6/c1-17-5-4-12(13(8-17)23-17)10-22-16(20)15(19)21-9-11-3-6-18(2)14(7-11)24-18/h11-14H,3-10H2,1-2H3. The zero-order chi connectivity index (χ0) is 16.9. The van der Waals surface area contributed by atoms with Crippen LogP contribution in [-0.4, -0.2) is 48.6 Å². The maximum absolute atomic E-state index is 11.8. The van der Waals surface area contributed by atoms with E-state index in [1.54, 1.807) is 0 Å². The Hall–Kier alpha value is -1.14. The predicted molar refractivity (Wildman–Crippen MR) is 83.2 cm³/mol. The molecule has 6 heteroatoms. The summed E-state index contributed by atoms with van der Waals surface area (Å²) in [6, 6.07) is 0. The molecule has 0 spiro atoms. The first-order valence-electron chi connectivity index (χ1n) is 9.06. The molecule has 3 aliphatic heterocycles. The summed E-state index contributed by atoms with van der Waals surface area (Å²) in [5, 5.41) is 0. The van der Waals surface area contributed by atoms with Gasteiger partial charge in [0.25, 0.3) is 0 Å². The first-order chi connectivity index (χ1) is 11.4. The number of carbonyl (C=O) groups excluding carboxylic acids is 2. The summed E-state index contributed by atoms with van der Waals surface area (Å²) in [6.07, 6.45) is 6.30. The number of epoxide rings is 1. The Kier molecular flexibility index (Phi) is 3.88. The van der Waals surface area contributed by atoms with Crippen molar-refractivity contribution >= 4 is 11.9 Å². The van der Waals surface area contributed by atoms with Crippen molar-refractivity contribution in [2.75, 3.05) is 13.2 Å². The van der Waals surface area contributed by atoms with Crippen LogP contribution in [0.15, 0.2) is 0 Å². The highest BCUT2D eigenvalue weighted by atomic mass is 16.6. The molecule has 0 aromatic carbocycles. The molecule has 0 radical (unpaired) electrons. The van der Waals surface area contributed by atoms with Gasteiger partial charge in [-0.25, -0.2) is 9.59 Å². The predicted octanol–water partition coefficient (Wildman–Crippen LogP) is 1.99. The minimum atomic E-state index is -0.883. The van der Waals surface area contributed by atoms with Crippen LogP contribution >= 0.6 is 0 Å². The number of ether oxygens (including phenoxy) is 4. The van der Waals surface area contributed by atoms with E-state index in [0.29, 0.717) is 6.10 Å². The van der Waals surface area contributed by atoms with Gasteiger partial charge in [-0.1, -0.05) is 0 Å². The Morgan fingerprint density at radius 2 is 1.75 bits per heavy atom. The lowest BCUT2D eigenvalue weighted by molar-refractivity contribution is -0.254. The van der Waals surface area contributed by atoms with Crippen LogP contribution in [0.25, 0.3) is 0 Å². The molecule has 134 valence electrons. The molecule has 0 aromatic heterocycles. The molecule has 3 saturated heterocycles. The fraction of sp³-hybridized carbons (Fsp3) is 0.889. The quantitative estimate of drug-likeness (QED) is 0.443. The minimum absolute atomic E-state index is 0.0332. The van der Waals surface area contributed by atoms with Crippen LogP contribution < -0.4 is 0 Å². The number of rotatable bonds is 4. The molecule has 5 aliphatic rings. The summed E-state index contributed by atoms with van der Waals surface area (Å²) in [6.45, 7) is 4.75. The lowest BCUT2D eigenvalue weighted by Gasteiger charge is -2.53. The van der Waals surface area contributed by atoms with E-state index in [4.69, 9.17) is 18.9 Å². The van der Waals surface area contributed by atoms with Crippen LogP contribution in [0.5, 0.6) is 0 Å². The van der Waals surface area contributed by atoms with Crippen LogP contribution in [0.3, 0.4) is 0 Å². The highest BCUT2D eigenvalue weighted by molar-refractivity contribution is 6.29. The monoisotopic (exact) mass is 338 g/mol. The molecule has 24 heavy (non-hydrogen) atoms. The van der Waals surface area contributed by atoms with Crippen molar-refractivity contribution in [1.29, 1.82) is 0 Å². The van der Waals surface area contributed by atoms with Gasteiger partial charge in [-0.3, -0.25) is 0 Å². The van der Waals surface area contributed by atoms with Gasteiger partial charge in [0.2, 0.25) is 0 Å². The molecule has 3 heterocycles. The second kappa shape index (κ2) is 5.70.